The number of carbonyl (C=O) groups excluding carboxylic acids is 2. The Bertz CT molecular complexity index is 1040. The molecular formula is C12H16N2O9S3. The summed E-state index contributed by atoms with van der Waals surface area (Å²) in [5.74, 6) is -2.81. The lowest BCUT2D eigenvalue weighted by Crippen LogP contribution is -2.31. The normalized spacial score (nSPS) is 12.4. The third-order valence-corrected chi connectivity index (χ3v) is 7.55. The number of aliphatic hydroxyl groups excluding tert-OH is 1. The maximum absolute atomic E-state index is 12.3. The number of hydrogen-bond acceptors (Lipinski definition) is 9. The van der Waals surface area contributed by atoms with E-state index in [2.05, 4.69) is 0 Å². The maximum Gasteiger partial charge on any atom is 0.265 e. The van der Waals surface area contributed by atoms with Crippen molar-refractivity contribution in [1.29, 1.82) is 0 Å². The highest BCUT2D eigenvalue weighted by Crippen LogP contribution is 2.25. The molecule has 0 fully saturated rings. The second-order valence-electron chi connectivity index (χ2n) is 4.97. The molecule has 0 radical (unpaired) electrons. The van der Waals surface area contributed by atoms with Crippen LogP contribution in [0.25, 0.3) is 0 Å². The van der Waals surface area contributed by atoms with Crippen molar-refractivity contribution in [3.05, 3.63) is 18.2 Å². The number of rotatable bonds is 7. The lowest BCUT2D eigenvalue weighted by Gasteiger charge is -2.13. The SMILES string of the molecule is CC(=O)NS(=O)(=O)c1ccc(S(=O)(=O)CCO)c(S(=O)(=O)NC(C)=O)c1. The molecule has 3 N–H and O–H groups in total. The zero-order valence-corrected chi connectivity index (χ0v) is 16.0. The van der Waals surface area contributed by atoms with Crippen molar-refractivity contribution in [3.63, 3.8) is 0 Å². The van der Waals surface area contributed by atoms with Crippen molar-refractivity contribution in [2.24, 2.45) is 0 Å². The van der Waals surface area contributed by atoms with E-state index in [9.17, 15) is 34.8 Å². The molecule has 1 aromatic rings. The minimum atomic E-state index is -4.74. The molecule has 0 aliphatic heterocycles. The van der Waals surface area contributed by atoms with Crippen LogP contribution in [0.5, 0.6) is 0 Å². The van der Waals surface area contributed by atoms with Gasteiger partial charge in [0.1, 0.15) is 4.90 Å². The van der Waals surface area contributed by atoms with Gasteiger partial charge in [-0.2, -0.15) is 0 Å². The van der Waals surface area contributed by atoms with E-state index < -0.39 is 68.7 Å². The molecule has 0 atom stereocenters. The Morgan fingerprint density at radius 1 is 0.885 bits per heavy atom. The van der Waals surface area contributed by atoms with Crippen LogP contribution in [0.15, 0.2) is 32.9 Å². The summed E-state index contributed by atoms with van der Waals surface area (Å²) in [5, 5.41) is 8.84. The third kappa shape index (κ3) is 5.23. The average molecular weight is 428 g/mol. The first kappa shape index (κ1) is 22.0. The first-order chi connectivity index (χ1) is 11.7. The van der Waals surface area contributed by atoms with Crippen LogP contribution < -0.4 is 9.44 Å². The molecule has 0 unspecified atom stereocenters. The zero-order valence-electron chi connectivity index (χ0n) is 13.6. The summed E-state index contributed by atoms with van der Waals surface area (Å²) >= 11 is 0. The van der Waals surface area contributed by atoms with E-state index in [1.54, 1.807) is 4.72 Å². The summed E-state index contributed by atoms with van der Waals surface area (Å²) in [6.45, 7) is 0.956. The number of hydrogen-bond donors (Lipinski definition) is 3. The fourth-order valence-electron chi connectivity index (χ4n) is 1.84. The molecule has 2 amide bonds. The quantitative estimate of drug-likeness (QED) is 0.447. The zero-order chi connectivity index (χ0) is 20.3. The number of sulfonamides is 2. The monoisotopic (exact) mass is 428 g/mol. The van der Waals surface area contributed by atoms with Gasteiger partial charge in [0.15, 0.2) is 9.84 Å². The molecule has 0 aliphatic rings. The van der Waals surface area contributed by atoms with E-state index in [1.807, 2.05) is 0 Å². The molecule has 26 heavy (non-hydrogen) atoms. The second-order valence-corrected chi connectivity index (χ2v) is 10.4. The molecule has 14 heteroatoms. The summed E-state index contributed by atoms with van der Waals surface area (Å²) in [6.07, 6.45) is 0. The van der Waals surface area contributed by atoms with Crippen LogP contribution in [-0.2, 0) is 39.5 Å². The first-order valence-corrected chi connectivity index (χ1v) is 11.4. The van der Waals surface area contributed by atoms with Gasteiger partial charge < -0.3 is 5.11 Å². The minimum Gasteiger partial charge on any atom is -0.395 e. The van der Waals surface area contributed by atoms with Crippen molar-refractivity contribution < 1.29 is 39.9 Å². The van der Waals surface area contributed by atoms with Crippen molar-refractivity contribution in [2.75, 3.05) is 12.4 Å². The van der Waals surface area contributed by atoms with E-state index in [0.717, 1.165) is 19.9 Å². The second kappa shape index (κ2) is 7.69. The molecule has 0 saturated heterocycles. The molecule has 1 rings (SSSR count). The number of benzene rings is 1. The van der Waals surface area contributed by atoms with Gasteiger partial charge in [-0.1, -0.05) is 0 Å². The minimum absolute atomic E-state index is 0.501. The molecule has 0 saturated carbocycles. The number of aliphatic hydroxyl groups is 1. The fourth-order valence-corrected chi connectivity index (χ4v) is 5.85. The highest BCUT2D eigenvalue weighted by molar-refractivity contribution is 7.94. The van der Waals surface area contributed by atoms with E-state index in [1.165, 1.54) is 4.72 Å². The molecular weight excluding hydrogens is 412 g/mol. The Balaban J connectivity index is 3.77. The summed E-state index contributed by atoms with van der Waals surface area (Å²) in [4.78, 5) is 19.6. The van der Waals surface area contributed by atoms with Gasteiger partial charge in [0.2, 0.25) is 11.8 Å². The maximum atomic E-state index is 12.3. The Morgan fingerprint density at radius 2 is 1.38 bits per heavy atom. The molecule has 146 valence electrons. The van der Waals surface area contributed by atoms with Crippen LogP contribution in [0.3, 0.4) is 0 Å². The van der Waals surface area contributed by atoms with E-state index in [4.69, 9.17) is 5.11 Å². The van der Waals surface area contributed by atoms with Crippen LogP contribution in [-0.4, -0.2) is 54.5 Å². The topological polar surface area (TPSA) is 181 Å². The largest absolute Gasteiger partial charge is 0.395 e. The Kier molecular flexibility index (Phi) is 6.51. The number of sulfone groups is 1. The lowest BCUT2D eigenvalue weighted by molar-refractivity contribution is -0.118. The van der Waals surface area contributed by atoms with Gasteiger partial charge >= 0.3 is 0 Å². The summed E-state index contributed by atoms with van der Waals surface area (Å²) < 4.78 is 76.1. The van der Waals surface area contributed by atoms with E-state index in [0.29, 0.717) is 12.1 Å². The number of nitrogens with one attached hydrogen (secondary N) is 2. The van der Waals surface area contributed by atoms with Gasteiger partial charge in [-0.3, -0.25) is 9.59 Å². The predicted octanol–water partition coefficient (Wildman–Crippen LogP) is -1.90. The molecule has 0 aliphatic carbocycles. The summed E-state index contributed by atoms with van der Waals surface area (Å²) in [6, 6.07) is 1.98. The Morgan fingerprint density at radius 3 is 1.85 bits per heavy atom. The molecule has 0 aromatic heterocycles. The van der Waals surface area contributed by atoms with Crippen LogP contribution in [0.2, 0.25) is 0 Å². The van der Waals surface area contributed by atoms with Gasteiger partial charge in [-0.15, -0.1) is 0 Å². The van der Waals surface area contributed by atoms with Gasteiger partial charge in [-0.05, 0) is 18.2 Å². The fraction of sp³-hybridized carbons (Fsp3) is 0.333. The Labute approximate surface area is 150 Å². The van der Waals surface area contributed by atoms with Gasteiger partial charge in [0.05, 0.1) is 22.2 Å². The van der Waals surface area contributed by atoms with Crippen LogP contribution in [0.1, 0.15) is 13.8 Å². The Hall–Kier alpha value is -2.03. The smallest absolute Gasteiger partial charge is 0.265 e. The standard InChI is InChI=1S/C12H16N2O9S3/c1-8(16)13-25(20,21)10-3-4-11(24(18,19)6-5-15)12(7-10)26(22,23)14-9(2)17/h3-4,7,15H,5-6H2,1-2H3,(H,13,16)(H,14,17). The van der Waals surface area contributed by atoms with Gasteiger partial charge in [-0.25, -0.2) is 34.7 Å². The van der Waals surface area contributed by atoms with Crippen molar-refractivity contribution in [2.45, 2.75) is 28.5 Å². The number of carbonyl (C=O) groups is 2. The van der Waals surface area contributed by atoms with E-state index in [-0.39, 0.29) is 0 Å². The lowest BCUT2D eigenvalue weighted by atomic mass is 10.4. The third-order valence-electron chi connectivity index (χ3n) is 2.77. The molecule has 0 heterocycles. The molecule has 11 nitrogen and oxygen atoms in total. The molecule has 0 spiro atoms. The average Bonchev–Trinajstić information content (AvgIpc) is 2.43. The van der Waals surface area contributed by atoms with Crippen molar-refractivity contribution in [1.82, 2.24) is 9.44 Å². The van der Waals surface area contributed by atoms with Crippen LogP contribution in [0, 0.1) is 0 Å². The van der Waals surface area contributed by atoms with Crippen molar-refractivity contribution in [3.8, 4) is 0 Å². The summed E-state index contributed by atoms with van der Waals surface area (Å²) in [5.41, 5.74) is 0. The van der Waals surface area contributed by atoms with Crippen LogP contribution in [0.4, 0.5) is 0 Å². The predicted molar refractivity (Wildman–Crippen MR) is 87.6 cm³/mol. The van der Waals surface area contributed by atoms with Crippen molar-refractivity contribution >= 4 is 41.7 Å². The summed E-state index contributed by atoms with van der Waals surface area (Å²) in [7, 11) is -13.5. The van der Waals surface area contributed by atoms with E-state index >= 15 is 0 Å². The molecule has 0 bridgehead atoms. The highest BCUT2D eigenvalue weighted by Gasteiger charge is 2.29. The van der Waals surface area contributed by atoms with Crippen LogP contribution >= 0.6 is 0 Å². The van der Waals surface area contributed by atoms with Gasteiger partial charge in [0, 0.05) is 13.8 Å². The molecule has 1 aromatic carbocycles. The first-order valence-electron chi connectivity index (χ1n) is 6.77. The van der Waals surface area contributed by atoms with Gasteiger partial charge in [0.25, 0.3) is 20.0 Å². The number of amides is 2. The highest BCUT2D eigenvalue weighted by atomic mass is 32.2.